The molecule has 0 spiro atoms. The van der Waals surface area contributed by atoms with Crippen LogP contribution in [0.3, 0.4) is 0 Å². The van der Waals surface area contributed by atoms with Crippen LogP contribution >= 0.6 is 0 Å². The van der Waals surface area contributed by atoms with E-state index in [1.54, 1.807) is 0 Å². The van der Waals surface area contributed by atoms with E-state index in [9.17, 15) is 9.90 Å². The summed E-state index contributed by atoms with van der Waals surface area (Å²) in [5.74, 6) is 0.664. The molecule has 0 radical (unpaired) electrons. The molecule has 1 aliphatic heterocycles. The molecule has 2 unspecified atom stereocenters. The molecule has 27 heavy (non-hydrogen) atoms. The summed E-state index contributed by atoms with van der Waals surface area (Å²) >= 11 is 0. The topological polar surface area (TPSA) is 98.6 Å². The summed E-state index contributed by atoms with van der Waals surface area (Å²) in [6.45, 7) is 0.982. The maximum absolute atomic E-state index is 11.0. The van der Waals surface area contributed by atoms with Crippen LogP contribution in [0.5, 0.6) is 0 Å². The van der Waals surface area contributed by atoms with Crippen molar-refractivity contribution in [3.63, 3.8) is 0 Å². The molecule has 7 heteroatoms. The predicted molar refractivity (Wildman–Crippen MR) is 104 cm³/mol. The van der Waals surface area contributed by atoms with Gasteiger partial charge < -0.3 is 20.4 Å². The van der Waals surface area contributed by atoms with E-state index in [0.29, 0.717) is 12.2 Å². The van der Waals surface area contributed by atoms with Crippen molar-refractivity contribution in [1.29, 1.82) is 0 Å². The van der Waals surface area contributed by atoms with Crippen LogP contribution in [0.2, 0.25) is 0 Å². The summed E-state index contributed by atoms with van der Waals surface area (Å²) in [5.41, 5.74) is 1.15. The quantitative estimate of drug-likeness (QED) is 0.623. The van der Waals surface area contributed by atoms with Crippen molar-refractivity contribution >= 4 is 17.6 Å². The van der Waals surface area contributed by atoms with E-state index in [0.717, 1.165) is 37.2 Å². The minimum absolute atomic E-state index is 0.0431. The molecule has 0 bridgehead atoms. The lowest BCUT2D eigenvalue weighted by molar-refractivity contribution is -0.137. The zero-order valence-electron chi connectivity index (χ0n) is 15.3. The molecule has 2 heterocycles. The van der Waals surface area contributed by atoms with Crippen LogP contribution < -0.4 is 10.2 Å². The van der Waals surface area contributed by atoms with Crippen LogP contribution in [-0.2, 0) is 11.2 Å². The molecule has 1 aromatic heterocycles. The van der Waals surface area contributed by atoms with Gasteiger partial charge >= 0.3 is 5.97 Å². The number of carboxylic acids is 1. The van der Waals surface area contributed by atoms with E-state index in [1.165, 1.54) is 6.33 Å². The molecule has 3 N–H and O–H groups in total. The van der Waals surface area contributed by atoms with Gasteiger partial charge in [-0.2, -0.15) is 0 Å². The number of carboxylic acid groups (broad SMARTS) is 1. The molecule has 0 saturated carbocycles. The van der Waals surface area contributed by atoms with Gasteiger partial charge in [0.15, 0.2) is 0 Å². The second kappa shape index (κ2) is 9.32. The van der Waals surface area contributed by atoms with E-state index < -0.39 is 5.97 Å². The van der Waals surface area contributed by atoms with E-state index >= 15 is 0 Å². The number of aliphatic carboxylic acids is 1. The molecule has 3 rings (SSSR count). The van der Waals surface area contributed by atoms with Gasteiger partial charge in [-0.05, 0) is 31.2 Å². The molecular weight excluding hydrogens is 344 g/mol. The molecular formula is C20H26N4O3. The van der Waals surface area contributed by atoms with Gasteiger partial charge in [-0.25, -0.2) is 9.97 Å². The van der Waals surface area contributed by atoms with Crippen molar-refractivity contribution in [1.82, 2.24) is 9.97 Å². The number of benzene rings is 1. The Labute approximate surface area is 159 Å². The van der Waals surface area contributed by atoms with Crippen LogP contribution in [0.15, 0.2) is 42.7 Å². The van der Waals surface area contributed by atoms with Gasteiger partial charge in [0.1, 0.15) is 18.0 Å². The number of aliphatic hydroxyl groups excluding tert-OH is 1. The highest BCUT2D eigenvalue weighted by Crippen LogP contribution is 2.25. The number of hydrogen-bond donors (Lipinski definition) is 3. The summed E-state index contributed by atoms with van der Waals surface area (Å²) in [6, 6.07) is 11.9. The normalized spacial score (nSPS) is 17.7. The van der Waals surface area contributed by atoms with Crippen molar-refractivity contribution in [3.05, 3.63) is 48.3 Å². The summed E-state index contributed by atoms with van der Waals surface area (Å²) in [7, 11) is 0. The van der Waals surface area contributed by atoms with Crippen LogP contribution in [-0.4, -0.2) is 51.4 Å². The fraction of sp³-hybridized carbons (Fsp3) is 0.450. The van der Waals surface area contributed by atoms with Gasteiger partial charge in [0.05, 0.1) is 12.6 Å². The molecule has 0 amide bonds. The number of aromatic nitrogens is 2. The Balaban J connectivity index is 1.72. The van der Waals surface area contributed by atoms with Gasteiger partial charge in [0, 0.05) is 25.1 Å². The van der Waals surface area contributed by atoms with Gasteiger partial charge in [-0.15, -0.1) is 0 Å². The van der Waals surface area contributed by atoms with E-state index in [2.05, 4.69) is 20.2 Å². The second-order valence-electron chi connectivity index (χ2n) is 6.90. The maximum atomic E-state index is 11.0. The molecule has 1 fully saturated rings. The molecule has 2 atom stereocenters. The lowest BCUT2D eigenvalue weighted by Crippen LogP contribution is -2.33. The first-order valence-electron chi connectivity index (χ1n) is 9.37. The first-order valence-corrected chi connectivity index (χ1v) is 9.37. The molecule has 0 aliphatic carbocycles. The monoisotopic (exact) mass is 370 g/mol. The van der Waals surface area contributed by atoms with Gasteiger partial charge in [0.2, 0.25) is 0 Å². The standard InChI is InChI=1S/C20H26N4O3/c25-13-17-7-4-10-24(17)19-12-18(21-14-22-19)23-16(8-9-20(26)27)11-15-5-2-1-3-6-15/h1-3,5-6,12,14,16-17,25H,4,7-11,13H2,(H,26,27)(H,21,22,23). The van der Waals surface area contributed by atoms with Crippen LogP contribution in [0.25, 0.3) is 0 Å². The molecule has 144 valence electrons. The summed E-state index contributed by atoms with van der Waals surface area (Å²) in [5, 5.41) is 22.0. The molecule has 1 aromatic carbocycles. The van der Waals surface area contributed by atoms with E-state index in [-0.39, 0.29) is 25.1 Å². The average molecular weight is 370 g/mol. The second-order valence-corrected chi connectivity index (χ2v) is 6.90. The Kier molecular flexibility index (Phi) is 6.59. The molecule has 2 aromatic rings. The highest BCUT2D eigenvalue weighted by atomic mass is 16.4. The fourth-order valence-corrected chi connectivity index (χ4v) is 3.54. The average Bonchev–Trinajstić information content (AvgIpc) is 3.16. The summed E-state index contributed by atoms with van der Waals surface area (Å²) in [6.07, 6.45) is 4.83. The van der Waals surface area contributed by atoms with Gasteiger partial charge in [-0.1, -0.05) is 30.3 Å². The van der Waals surface area contributed by atoms with Gasteiger partial charge in [0.25, 0.3) is 0 Å². The Morgan fingerprint density at radius 3 is 2.85 bits per heavy atom. The van der Waals surface area contributed by atoms with Crippen molar-refractivity contribution < 1.29 is 15.0 Å². The number of aliphatic hydroxyl groups is 1. The number of rotatable bonds is 9. The van der Waals surface area contributed by atoms with Crippen molar-refractivity contribution in [3.8, 4) is 0 Å². The number of hydrogen-bond acceptors (Lipinski definition) is 6. The minimum Gasteiger partial charge on any atom is -0.481 e. The van der Waals surface area contributed by atoms with Crippen LogP contribution in [0.1, 0.15) is 31.2 Å². The number of carbonyl (C=O) groups is 1. The SMILES string of the molecule is O=C(O)CCC(Cc1ccccc1)Nc1cc(N2CCCC2CO)ncn1. The van der Waals surface area contributed by atoms with Crippen LogP contribution in [0, 0.1) is 0 Å². The minimum atomic E-state index is -0.805. The Bertz CT molecular complexity index is 741. The number of anilines is 2. The lowest BCUT2D eigenvalue weighted by atomic mass is 10.0. The number of nitrogens with zero attached hydrogens (tertiary/aromatic N) is 3. The summed E-state index contributed by atoms with van der Waals surface area (Å²) in [4.78, 5) is 21.8. The van der Waals surface area contributed by atoms with E-state index in [4.69, 9.17) is 5.11 Å². The molecule has 1 aliphatic rings. The molecule has 1 saturated heterocycles. The fourth-order valence-electron chi connectivity index (χ4n) is 3.54. The highest BCUT2D eigenvalue weighted by molar-refractivity contribution is 5.66. The smallest absolute Gasteiger partial charge is 0.303 e. The third-order valence-corrected chi connectivity index (χ3v) is 4.92. The summed E-state index contributed by atoms with van der Waals surface area (Å²) < 4.78 is 0. The Morgan fingerprint density at radius 2 is 2.11 bits per heavy atom. The largest absolute Gasteiger partial charge is 0.481 e. The zero-order valence-corrected chi connectivity index (χ0v) is 15.3. The first kappa shape index (κ1) is 19.1. The van der Waals surface area contributed by atoms with Crippen molar-refractivity contribution in [2.24, 2.45) is 0 Å². The Morgan fingerprint density at radius 1 is 1.30 bits per heavy atom. The van der Waals surface area contributed by atoms with Crippen molar-refractivity contribution in [2.75, 3.05) is 23.4 Å². The van der Waals surface area contributed by atoms with Gasteiger partial charge in [-0.3, -0.25) is 4.79 Å². The number of nitrogens with one attached hydrogen (secondary N) is 1. The van der Waals surface area contributed by atoms with Crippen molar-refractivity contribution in [2.45, 2.75) is 44.2 Å². The van der Waals surface area contributed by atoms with E-state index in [1.807, 2.05) is 36.4 Å². The third-order valence-electron chi connectivity index (χ3n) is 4.92. The lowest BCUT2D eigenvalue weighted by Gasteiger charge is -2.25. The predicted octanol–water partition coefficient (Wildman–Crippen LogP) is 2.33. The molecule has 7 nitrogen and oxygen atoms in total. The highest BCUT2D eigenvalue weighted by Gasteiger charge is 2.25. The third kappa shape index (κ3) is 5.40. The zero-order chi connectivity index (χ0) is 19.1. The maximum Gasteiger partial charge on any atom is 0.303 e. The van der Waals surface area contributed by atoms with Crippen LogP contribution in [0.4, 0.5) is 11.6 Å². The Hall–Kier alpha value is -2.67. The first-order chi connectivity index (χ1) is 13.2.